The molecule has 1 rings (SSSR count). The Morgan fingerprint density at radius 2 is 2.40 bits per heavy atom. The van der Waals surface area contributed by atoms with Crippen LogP contribution in [0.3, 0.4) is 0 Å². The van der Waals surface area contributed by atoms with Gasteiger partial charge in [-0.2, -0.15) is 0 Å². The lowest BCUT2D eigenvalue weighted by molar-refractivity contribution is 1.27. The van der Waals surface area contributed by atoms with Crippen LogP contribution in [0.1, 0.15) is 5.56 Å². The van der Waals surface area contributed by atoms with E-state index < -0.39 is 0 Å². The van der Waals surface area contributed by atoms with Crippen LogP contribution in [0.5, 0.6) is 0 Å². The lowest BCUT2D eigenvalue weighted by Gasteiger charge is -1.98. The third-order valence-electron chi connectivity index (χ3n) is 1.09. The average Bonchev–Trinajstić information content (AvgIpc) is 1.88. The van der Waals surface area contributed by atoms with Crippen molar-refractivity contribution < 1.29 is 0 Å². The minimum absolute atomic E-state index is 0.453. The van der Waals surface area contributed by atoms with E-state index in [1.54, 1.807) is 12.3 Å². The highest BCUT2D eigenvalue weighted by Gasteiger charge is 1.97. The number of halogens is 2. The summed E-state index contributed by atoms with van der Waals surface area (Å²) in [5.74, 6) is 0.453. The number of hydrogen-bond acceptors (Lipinski definition) is 2. The largest absolute Gasteiger partial charge is 0.384 e. The zero-order valence-electron chi connectivity index (χ0n) is 5.14. The van der Waals surface area contributed by atoms with E-state index in [2.05, 4.69) is 20.9 Å². The molecule has 0 aliphatic rings. The van der Waals surface area contributed by atoms with Crippen molar-refractivity contribution in [3.63, 3.8) is 0 Å². The molecule has 1 aromatic heterocycles. The topological polar surface area (TPSA) is 38.9 Å². The Hall–Kier alpha value is -0.280. The van der Waals surface area contributed by atoms with Crippen molar-refractivity contribution in [1.29, 1.82) is 0 Å². The Morgan fingerprint density at radius 3 is 2.90 bits per heavy atom. The van der Waals surface area contributed by atoms with Gasteiger partial charge in [0, 0.05) is 16.5 Å². The number of rotatable bonds is 1. The molecule has 54 valence electrons. The minimum Gasteiger partial charge on any atom is -0.384 e. The minimum atomic E-state index is 0.453. The number of hydrogen-bond donors (Lipinski definition) is 1. The van der Waals surface area contributed by atoms with Gasteiger partial charge in [0.05, 0.1) is 0 Å². The second kappa shape index (κ2) is 3.21. The highest BCUT2D eigenvalue weighted by Crippen LogP contribution is 2.18. The smallest absolute Gasteiger partial charge is 0.124 e. The van der Waals surface area contributed by atoms with Crippen molar-refractivity contribution in [3.8, 4) is 0 Å². The second-order valence-corrected chi connectivity index (χ2v) is 2.80. The van der Waals surface area contributed by atoms with Crippen molar-refractivity contribution in [3.05, 3.63) is 22.8 Å². The van der Waals surface area contributed by atoms with E-state index in [9.17, 15) is 0 Å². The molecule has 0 bridgehead atoms. The maximum Gasteiger partial charge on any atom is 0.124 e. The van der Waals surface area contributed by atoms with Gasteiger partial charge >= 0.3 is 0 Å². The van der Waals surface area contributed by atoms with Crippen LogP contribution in [0.2, 0.25) is 5.02 Å². The molecule has 2 nitrogen and oxygen atoms in total. The summed E-state index contributed by atoms with van der Waals surface area (Å²) in [6.45, 7) is 0. The molecule has 1 heterocycles. The number of aromatic nitrogens is 1. The van der Waals surface area contributed by atoms with Crippen LogP contribution in [-0.4, -0.2) is 4.98 Å². The molecule has 0 aliphatic carbocycles. The normalized spacial score (nSPS) is 9.80. The fraction of sp³-hybridized carbons (Fsp3) is 0.167. The molecule has 0 spiro atoms. The van der Waals surface area contributed by atoms with Gasteiger partial charge in [-0.3, -0.25) is 0 Å². The summed E-state index contributed by atoms with van der Waals surface area (Å²) < 4.78 is 0. The van der Waals surface area contributed by atoms with Crippen molar-refractivity contribution >= 4 is 33.3 Å². The summed E-state index contributed by atoms with van der Waals surface area (Å²) in [5.41, 5.74) is 6.33. The molecule has 1 aromatic rings. The molecule has 0 saturated heterocycles. The molecule has 0 amide bonds. The number of nitrogen functional groups attached to an aromatic ring is 1. The summed E-state index contributed by atoms with van der Waals surface area (Å²) >= 11 is 9.05. The Morgan fingerprint density at radius 1 is 1.70 bits per heavy atom. The van der Waals surface area contributed by atoms with Crippen LogP contribution >= 0.6 is 27.5 Å². The van der Waals surface area contributed by atoms with Crippen LogP contribution in [0.4, 0.5) is 5.82 Å². The number of pyridine rings is 1. The number of nitrogens with two attached hydrogens (primary N) is 1. The van der Waals surface area contributed by atoms with Gasteiger partial charge in [-0.1, -0.05) is 27.5 Å². The van der Waals surface area contributed by atoms with Gasteiger partial charge < -0.3 is 5.73 Å². The van der Waals surface area contributed by atoms with Crippen LogP contribution < -0.4 is 5.73 Å². The van der Waals surface area contributed by atoms with Gasteiger partial charge in [0.2, 0.25) is 0 Å². The molecular formula is C6H6BrClN2. The maximum absolute atomic E-state index is 5.78. The second-order valence-electron chi connectivity index (χ2n) is 1.83. The zero-order valence-corrected chi connectivity index (χ0v) is 7.48. The summed E-state index contributed by atoms with van der Waals surface area (Å²) in [6.07, 6.45) is 1.66. The van der Waals surface area contributed by atoms with Crippen molar-refractivity contribution in [2.75, 3.05) is 5.73 Å². The quantitative estimate of drug-likeness (QED) is 0.739. The van der Waals surface area contributed by atoms with Gasteiger partial charge in [-0.25, -0.2) is 4.98 Å². The Kier molecular flexibility index (Phi) is 2.51. The first kappa shape index (κ1) is 7.82. The first-order valence-corrected chi connectivity index (χ1v) is 4.20. The van der Waals surface area contributed by atoms with Gasteiger partial charge in [0.1, 0.15) is 5.82 Å². The van der Waals surface area contributed by atoms with Gasteiger partial charge in [-0.05, 0) is 11.6 Å². The first-order chi connectivity index (χ1) is 4.74. The molecule has 0 atom stereocenters. The van der Waals surface area contributed by atoms with E-state index in [0.717, 1.165) is 5.56 Å². The summed E-state index contributed by atoms with van der Waals surface area (Å²) in [5, 5.41) is 1.36. The fourth-order valence-electron chi connectivity index (χ4n) is 0.572. The van der Waals surface area contributed by atoms with E-state index >= 15 is 0 Å². The zero-order chi connectivity index (χ0) is 7.56. The number of alkyl halides is 1. The average molecular weight is 221 g/mol. The first-order valence-electron chi connectivity index (χ1n) is 2.70. The molecule has 4 heteroatoms. The number of anilines is 1. The molecule has 0 unspecified atom stereocenters. The monoisotopic (exact) mass is 220 g/mol. The molecular weight excluding hydrogens is 215 g/mol. The van der Waals surface area contributed by atoms with E-state index in [0.29, 0.717) is 16.2 Å². The van der Waals surface area contributed by atoms with Crippen LogP contribution in [0, 0.1) is 0 Å². The Balaban J connectivity index is 3.07. The van der Waals surface area contributed by atoms with E-state index in [4.69, 9.17) is 17.3 Å². The van der Waals surface area contributed by atoms with E-state index in [-0.39, 0.29) is 0 Å². The highest BCUT2D eigenvalue weighted by atomic mass is 79.9. The molecule has 0 radical (unpaired) electrons. The molecule has 0 saturated carbocycles. The van der Waals surface area contributed by atoms with E-state index in [1.165, 1.54) is 0 Å². The predicted molar refractivity (Wildman–Crippen MR) is 46.3 cm³/mol. The molecule has 0 aromatic carbocycles. The van der Waals surface area contributed by atoms with Gasteiger partial charge in [0.25, 0.3) is 0 Å². The highest BCUT2D eigenvalue weighted by molar-refractivity contribution is 9.08. The summed E-state index contributed by atoms with van der Waals surface area (Å²) in [4.78, 5) is 3.87. The Labute approximate surface area is 72.5 Å². The lowest BCUT2D eigenvalue weighted by Crippen LogP contribution is -1.90. The third kappa shape index (κ3) is 1.61. The summed E-state index contributed by atoms with van der Waals surface area (Å²) in [6, 6.07) is 1.64. The fourth-order valence-corrected chi connectivity index (χ4v) is 1.41. The van der Waals surface area contributed by atoms with Crippen LogP contribution in [0.15, 0.2) is 12.3 Å². The maximum atomic E-state index is 5.78. The van der Waals surface area contributed by atoms with Gasteiger partial charge in [-0.15, -0.1) is 0 Å². The van der Waals surface area contributed by atoms with Crippen LogP contribution in [-0.2, 0) is 5.33 Å². The van der Waals surface area contributed by atoms with Gasteiger partial charge in [0.15, 0.2) is 0 Å². The van der Waals surface area contributed by atoms with Crippen molar-refractivity contribution in [1.82, 2.24) is 4.98 Å². The molecule has 0 aliphatic heterocycles. The Bertz CT molecular complexity index is 239. The predicted octanol–water partition coefficient (Wildman–Crippen LogP) is 2.21. The van der Waals surface area contributed by atoms with Crippen LogP contribution in [0.25, 0.3) is 0 Å². The molecule has 10 heavy (non-hydrogen) atoms. The lowest BCUT2D eigenvalue weighted by atomic mass is 10.3. The SMILES string of the molecule is Nc1cc(Cl)c(CBr)cn1. The number of nitrogens with zero attached hydrogens (tertiary/aromatic N) is 1. The third-order valence-corrected chi connectivity index (χ3v) is 2.05. The van der Waals surface area contributed by atoms with Crippen molar-refractivity contribution in [2.45, 2.75) is 5.33 Å². The molecule has 0 fully saturated rings. The standard InChI is InChI=1S/C6H6BrClN2/c7-2-4-3-10-6(9)1-5(4)8/h1,3H,2H2,(H2,9,10). The van der Waals surface area contributed by atoms with Crippen molar-refractivity contribution in [2.24, 2.45) is 0 Å². The molecule has 2 N–H and O–H groups in total. The summed E-state index contributed by atoms with van der Waals surface area (Å²) in [7, 11) is 0. The van der Waals surface area contributed by atoms with E-state index in [1.807, 2.05) is 0 Å².